The van der Waals surface area contributed by atoms with Crippen molar-refractivity contribution in [1.82, 2.24) is 16.0 Å². The maximum Gasteiger partial charge on any atom is 0.315 e. The van der Waals surface area contributed by atoms with Crippen LogP contribution in [0.15, 0.2) is 54.6 Å². The van der Waals surface area contributed by atoms with Crippen LogP contribution < -0.4 is 20.7 Å². The number of urea groups is 1. The molecule has 0 bridgehead atoms. The second kappa shape index (κ2) is 10.1. The van der Waals surface area contributed by atoms with Gasteiger partial charge in [0, 0.05) is 17.4 Å². The summed E-state index contributed by atoms with van der Waals surface area (Å²) in [5, 5.41) is 9.64. The summed E-state index contributed by atoms with van der Waals surface area (Å²) in [5.41, 5.74) is 2.08. The van der Waals surface area contributed by atoms with Crippen molar-refractivity contribution in [2.24, 2.45) is 0 Å². The number of carbonyl (C=O) groups is 2. The monoisotopic (exact) mass is 439 g/mol. The van der Waals surface area contributed by atoms with Gasteiger partial charge in [0.1, 0.15) is 5.75 Å². The quantitative estimate of drug-likeness (QED) is 0.412. The Morgan fingerprint density at radius 3 is 2.58 bits per heavy atom. The van der Waals surface area contributed by atoms with Gasteiger partial charge < -0.3 is 20.7 Å². The van der Waals surface area contributed by atoms with Gasteiger partial charge in [-0.2, -0.15) is 11.8 Å². The molecule has 2 saturated heterocycles. The molecule has 3 N–H and O–H groups in total. The van der Waals surface area contributed by atoms with Crippen LogP contribution in [0.1, 0.15) is 42.9 Å². The molecule has 0 radical (unpaired) electrons. The summed E-state index contributed by atoms with van der Waals surface area (Å²) in [6.45, 7) is 0. The number of nitrogens with one attached hydrogen (secondary N) is 3. The molecule has 2 aromatic carbocycles. The van der Waals surface area contributed by atoms with Crippen molar-refractivity contribution >= 4 is 23.7 Å². The van der Waals surface area contributed by atoms with E-state index in [-0.39, 0.29) is 30.1 Å². The molecule has 0 aromatic heterocycles. The summed E-state index contributed by atoms with van der Waals surface area (Å²) >= 11 is 1.92. The molecule has 2 fully saturated rings. The Morgan fingerprint density at radius 1 is 1.10 bits per heavy atom. The highest BCUT2D eigenvalue weighted by Gasteiger charge is 2.42. The third kappa shape index (κ3) is 5.34. The number of amides is 3. The van der Waals surface area contributed by atoms with Crippen LogP contribution in [0.5, 0.6) is 5.75 Å². The van der Waals surface area contributed by atoms with E-state index in [0.717, 1.165) is 41.9 Å². The van der Waals surface area contributed by atoms with Crippen LogP contribution in [0.2, 0.25) is 0 Å². The molecule has 6 nitrogen and oxygen atoms in total. The lowest BCUT2D eigenvalue weighted by Gasteiger charge is -2.20. The summed E-state index contributed by atoms with van der Waals surface area (Å²) in [7, 11) is 1.65. The second-order valence-corrected chi connectivity index (χ2v) is 9.32. The van der Waals surface area contributed by atoms with Crippen molar-refractivity contribution in [3.63, 3.8) is 0 Å². The number of hydrogen-bond donors (Lipinski definition) is 3. The van der Waals surface area contributed by atoms with E-state index in [1.54, 1.807) is 7.11 Å². The zero-order chi connectivity index (χ0) is 21.6. The molecule has 164 valence electrons. The lowest BCUT2D eigenvalue weighted by molar-refractivity contribution is -0.121. The van der Waals surface area contributed by atoms with E-state index >= 15 is 0 Å². The van der Waals surface area contributed by atoms with Crippen molar-refractivity contribution in [1.29, 1.82) is 0 Å². The van der Waals surface area contributed by atoms with Crippen LogP contribution in [0.4, 0.5) is 4.79 Å². The number of rotatable bonds is 9. The summed E-state index contributed by atoms with van der Waals surface area (Å²) in [6.07, 6.45) is 3.33. The molecule has 7 heteroatoms. The van der Waals surface area contributed by atoms with Gasteiger partial charge in [-0.25, -0.2) is 4.79 Å². The highest BCUT2D eigenvalue weighted by Crippen LogP contribution is 2.33. The van der Waals surface area contributed by atoms with Crippen LogP contribution in [0, 0.1) is 0 Å². The molecule has 3 amide bonds. The Labute approximate surface area is 187 Å². The fourth-order valence-electron chi connectivity index (χ4n) is 4.31. The number of ether oxygens (including phenoxy) is 1. The first-order chi connectivity index (χ1) is 15.1. The molecule has 2 aliphatic rings. The number of unbranched alkanes of at least 4 members (excludes halogenated alkanes) is 1. The number of carbonyl (C=O) groups excluding carboxylic acids is 2. The third-order valence-corrected chi connectivity index (χ3v) is 7.48. The summed E-state index contributed by atoms with van der Waals surface area (Å²) in [4.78, 5) is 24.2. The zero-order valence-electron chi connectivity index (χ0n) is 17.7. The van der Waals surface area contributed by atoms with Crippen LogP contribution in [0.25, 0.3) is 0 Å². The standard InChI is InChI=1S/C24H29N3O3S/c1-30-18-13-11-17(12-14-18)22(16-7-3-2-4-8-16)26-21(28)10-6-5-9-20-23-19(15-31-20)25-24(29)27-23/h2-4,7-8,11-14,19-20,22-23H,5-6,9-10,15H2,1H3,(H,26,28)(H2,25,27,29)/t19-,20-,22+,23-/m0/s1. The Bertz CT molecular complexity index is 891. The van der Waals surface area contributed by atoms with Gasteiger partial charge in [-0.05, 0) is 36.1 Å². The lowest BCUT2D eigenvalue weighted by Crippen LogP contribution is -2.36. The van der Waals surface area contributed by atoms with E-state index in [1.165, 1.54) is 0 Å². The molecule has 4 atom stereocenters. The van der Waals surface area contributed by atoms with Crippen molar-refractivity contribution in [3.05, 3.63) is 65.7 Å². The van der Waals surface area contributed by atoms with Crippen LogP contribution in [-0.2, 0) is 4.79 Å². The van der Waals surface area contributed by atoms with Gasteiger partial charge in [0.25, 0.3) is 0 Å². The maximum atomic E-state index is 12.7. The van der Waals surface area contributed by atoms with E-state index < -0.39 is 0 Å². The summed E-state index contributed by atoms with van der Waals surface area (Å²) < 4.78 is 5.26. The highest BCUT2D eigenvalue weighted by molar-refractivity contribution is 8.00. The van der Waals surface area contributed by atoms with Gasteiger partial charge in [-0.15, -0.1) is 0 Å². The first-order valence-electron chi connectivity index (χ1n) is 10.8. The predicted octanol–water partition coefficient (Wildman–Crippen LogP) is 3.63. The molecule has 31 heavy (non-hydrogen) atoms. The van der Waals surface area contributed by atoms with Crippen molar-refractivity contribution < 1.29 is 14.3 Å². The Kier molecular flexibility index (Phi) is 7.02. The molecule has 0 spiro atoms. The van der Waals surface area contributed by atoms with E-state index in [4.69, 9.17) is 4.74 Å². The van der Waals surface area contributed by atoms with Crippen molar-refractivity contribution in [2.75, 3.05) is 12.9 Å². The Hall–Kier alpha value is -2.67. The molecule has 2 aliphatic heterocycles. The van der Waals surface area contributed by atoms with E-state index in [0.29, 0.717) is 11.7 Å². The average Bonchev–Trinajstić information content (AvgIpc) is 3.35. The SMILES string of the molecule is COc1ccc([C@H](NC(=O)CCCC[C@@H]2SC[C@@H]3NC(=O)N[C@@H]32)c2ccccc2)cc1. The van der Waals surface area contributed by atoms with Gasteiger partial charge in [0.15, 0.2) is 0 Å². The molecular weight excluding hydrogens is 410 g/mol. The first-order valence-corrected chi connectivity index (χ1v) is 11.9. The van der Waals surface area contributed by atoms with Crippen molar-refractivity contribution in [3.8, 4) is 5.75 Å². The van der Waals surface area contributed by atoms with Crippen LogP contribution >= 0.6 is 11.8 Å². The molecule has 4 rings (SSSR count). The first kappa shape index (κ1) is 21.6. The molecular formula is C24H29N3O3S. The smallest absolute Gasteiger partial charge is 0.315 e. The van der Waals surface area contributed by atoms with Crippen molar-refractivity contribution in [2.45, 2.75) is 49.1 Å². The zero-order valence-corrected chi connectivity index (χ0v) is 18.5. The molecule has 2 heterocycles. The molecule has 0 aliphatic carbocycles. The number of fused-ring (bicyclic) bond motifs is 1. The second-order valence-electron chi connectivity index (χ2n) is 8.05. The summed E-state index contributed by atoms with van der Waals surface area (Å²) in [6, 6.07) is 18.1. The third-order valence-electron chi connectivity index (χ3n) is 5.97. The van der Waals surface area contributed by atoms with Gasteiger partial charge >= 0.3 is 6.03 Å². The largest absolute Gasteiger partial charge is 0.497 e. The molecule has 2 aromatic rings. The fraction of sp³-hybridized carbons (Fsp3) is 0.417. The topological polar surface area (TPSA) is 79.5 Å². The molecule has 0 unspecified atom stereocenters. The lowest BCUT2D eigenvalue weighted by atomic mass is 9.98. The van der Waals surface area contributed by atoms with E-state index in [9.17, 15) is 9.59 Å². The van der Waals surface area contributed by atoms with E-state index in [2.05, 4.69) is 16.0 Å². The minimum absolute atomic E-state index is 0.0508. The number of thioether (sulfide) groups is 1. The highest BCUT2D eigenvalue weighted by atomic mass is 32.2. The van der Waals surface area contributed by atoms with Gasteiger partial charge in [-0.1, -0.05) is 48.9 Å². The number of hydrogen-bond acceptors (Lipinski definition) is 4. The van der Waals surface area contributed by atoms with Gasteiger partial charge in [0.2, 0.25) is 5.91 Å². The van der Waals surface area contributed by atoms with Gasteiger partial charge in [0.05, 0.1) is 25.2 Å². The molecule has 0 saturated carbocycles. The van der Waals surface area contributed by atoms with Gasteiger partial charge in [-0.3, -0.25) is 4.79 Å². The number of benzene rings is 2. The van der Waals surface area contributed by atoms with E-state index in [1.807, 2.05) is 66.4 Å². The van der Waals surface area contributed by atoms with Crippen LogP contribution in [-0.4, -0.2) is 42.1 Å². The average molecular weight is 440 g/mol. The maximum absolute atomic E-state index is 12.7. The minimum atomic E-state index is -0.189. The minimum Gasteiger partial charge on any atom is -0.497 e. The Balaban J connectivity index is 1.30. The normalized spacial score (nSPS) is 22.9. The number of methoxy groups -OCH3 is 1. The Morgan fingerprint density at radius 2 is 1.84 bits per heavy atom. The van der Waals surface area contributed by atoms with Crippen LogP contribution in [0.3, 0.4) is 0 Å². The fourth-order valence-corrected chi connectivity index (χ4v) is 5.85. The summed E-state index contributed by atoms with van der Waals surface area (Å²) in [5.74, 6) is 1.81. The predicted molar refractivity (Wildman–Crippen MR) is 123 cm³/mol.